The van der Waals surface area contributed by atoms with Crippen LogP contribution in [0, 0.1) is 27.0 Å². The summed E-state index contributed by atoms with van der Waals surface area (Å²) in [4.78, 5) is 159. The minimum absolute atomic E-state index is 0.00658. The van der Waals surface area contributed by atoms with Crippen molar-refractivity contribution in [1.82, 2.24) is 85.1 Å². The van der Waals surface area contributed by atoms with Crippen LogP contribution in [0.1, 0.15) is 112 Å². The minimum Gasteiger partial charge on any atom is -0.370 e. The zero-order valence-corrected chi connectivity index (χ0v) is 52.9. The topological polar surface area (TPSA) is 673 Å². The van der Waals surface area contributed by atoms with E-state index in [1.165, 1.54) is 34.6 Å². The van der Waals surface area contributed by atoms with Crippen molar-refractivity contribution in [1.29, 1.82) is 27.0 Å². The fourth-order valence-corrected chi connectivity index (χ4v) is 8.23. The highest BCUT2D eigenvalue weighted by Gasteiger charge is 2.33. The van der Waals surface area contributed by atoms with Crippen molar-refractivity contribution in [2.75, 3.05) is 45.0 Å². The van der Waals surface area contributed by atoms with Gasteiger partial charge in [0.05, 0.1) is 6.54 Å². The molecule has 91 heavy (non-hydrogen) atoms. The third-order valence-corrected chi connectivity index (χ3v) is 13.3. The molecular weight excluding hydrogens is 1210 g/mol. The van der Waals surface area contributed by atoms with Gasteiger partial charge in [-0.3, -0.25) is 84.6 Å². The zero-order valence-electron chi connectivity index (χ0n) is 52.0. The quantitative estimate of drug-likeness (QED) is 0.0117. The number of rotatable bonds is 45. The first-order chi connectivity index (χ1) is 42.7. The number of carbonyl (C=O) groups excluding carboxylic acids is 12. The van der Waals surface area contributed by atoms with Crippen LogP contribution in [0.3, 0.4) is 0 Å². The Morgan fingerprint density at radius 1 is 0.319 bits per heavy atom. The van der Waals surface area contributed by atoms with Gasteiger partial charge in [0.1, 0.15) is 60.4 Å². The second kappa shape index (κ2) is 44.7. The Kier molecular flexibility index (Phi) is 40.0. The molecule has 0 aromatic rings. The van der Waals surface area contributed by atoms with Crippen LogP contribution in [0.15, 0.2) is 0 Å². The highest BCUT2D eigenvalue weighted by atomic mass is 32.1. The molecule has 0 aliphatic carbocycles. The van der Waals surface area contributed by atoms with Crippen LogP contribution in [0.2, 0.25) is 0 Å². The van der Waals surface area contributed by atoms with Crippen LogP contribution in [-0.4, -0.2) is 206 Å². The summed E-state index contributed by atoms with van der Waals surface area (Å²) in [7, 11) is 0. The lowest BCUT2D eigenvalue weighted by Crippen LogP contribution is -2.59. The first-order valence-corrected chi connectivity index (χ1v) is 29.9. The maximum atomic E-state index is 14.0. The Hall–Kier alpha value is -9.66. The smallest absolute Gasteiger partial charge is 0.243 e. The van der Waals surface area contributed by atoms with Gasteiger partial charge in [-0.2, -0.15) is 12.6 Å². The Morgan fingerprint density at radius 3 is 0.791 bits per heavy atom. The molecule has 0 bridgehead atoms. The SMILES string of the molecule is CC(=O)NCC(=O)N[C@H](CCCNC(=N)N)C(=O)N[C@H](C)C(=O)N[C@H](CCCCNC(=N)N)C(=O)N[C@H](C)C(=O)N[C@H](CCCNC(=N)N)C(=O)N[C@H](C)C(=O)N[C@H](CCCNC(=N)N)C(=O)N[C@H](C)C(=O)N[C@H](CCCCNC(=N)N)C(=O)N[C@H](CS)C(N)=O. The minimum atomic E-state index is -1.42. The lowest BCUT2D eigenvalue weighted by molar-refractivity contribution is -0.135. The number of hydrogen-bond donors (Lipinski definition) is 28. The summed E-state index contributed by atoms with van der Waals surface area (Å²) in [5, 5.41) is 77.5. The van der Waals surface area contributed by atoms with Gasteiger partial charge in [0.15, 0.2) is 29.8 Å². The number of nitrogens with two attached hydrogens (primary N) is 6. The first kappa shape index (κ1) is 81.3. The maximum Gasteiger partial charge on any atom is 0.243 e. The molecule has 0 saturated carbocycles. The molecule has 0 fully saturated rings. The number of amides is 12. The van der Waals surface area contributed by atoms with Gasteiger partial charge in [-0.1, -0.05) is 0 Å². The van der Waals surface area contributed by atoms with Crippen LogP contribution < -0.4 is 119 Å². The molecule has 0 rings (SSSR count). The second-order valence-electron chi connectivity index (χ2n) is 21.0. The molecule has 10 atom stereocenters. The normalized spacial score (nSPS) is 13.9. The zero-order chi connectivity index (χ0) is 69.3. The Balaban J connectivity index is 6.53. The molecule has 0 saturated heterocycles. The summed E-state index contributed by atoms with van der Waals surface area (Å²) in [6.07, 6.45) is 1.56. The van der Waals surface area contributed by atoms with Crippen molar-refractivity contribution in [3.8, 4) is 0 Å². The predicted molar refractivity (Wildman–Crippen MR) is 339 cm³/mol. The number of nitrogens with one attached hydrogen (secondary N) is 21. The summed E-state index contributed by atoms with van der Waals surface area (Å²) >= 11 is 4.04. The average molecular weight is 1310 g/mol. The van der Waals surface area contributed by atoms with Crippen LogP contribution in [0.25, 0.3) is 0 Å². The van der Waals surface area contributed by atoms with Gasteiger partial charge in [-0.15, -0.1) is 0 Å². The standard InChI is InChI=1S/C51H97N27O12S/c1-25(69-42(86)30(15-10-20-65-49(57)58)73-36(80)23-68-29(5)79)38(82)74-31(13-6-8-18-63-47(53)54)43(87)70-27(3)40(84)76-34(17-12-22-67-51(61)62)45(89)72-28(4)41(85)77-33(16-11-21-66-50(59)60)44(88)71-26(2)39(83)75-32(14-7-9-19-64-48(55)56)46(90)78-35(24-91)37(52)81/h25-28,30-35,91H,6-24H2,1-5H3,(H2,52,81)(H,68,79)(H,69,86)(H,70,87)(H,71,88)(H,72,89)(H,73,80)(H,74,82)(H,75,83)(H,76,84)(H,77,85)(H,78,90)(H4,53,54,63)(H4,55,56,64)(H4,57,58,65)(H4,59,60,66)(H4,61,62,67)/t25-,26-,27-,28-,30-,31-,32-,33-,34-,35-/m1/s1. The molecule has 0 heterocycles. The monoisotopic (exact) mass is 1310 g/mol. The molecule has 40 heteroatoms. The fourth-order valence-electron chi connectivity index (χ4n) is 7.96. The van der Waals surface area contributed by atoms with Gasteiger partial charge in [0, 0.05) is 45.4 Å². The van der Waals surface area contributed by atoms with Gasteiger partial charge < -0.3 is 119 Å². The molecule has 0 radical (unpaired) electrons. The Labute approximate surface area is 532 Å². The summed E-state index contributed by atoms with van der Waals surface area (Å²) in [6, 6.07) is -13.3. The van der Waals surface area contributed by atoms with Gasteiger partial charge in [0.25, 0.3) is 0 Å². The summed E-state index contributed by atoms with van der Waals surface area (Å²) in [5.74, 6) is -11.7. The second-order valence-corrected chi connectivity index (χ2v) is 21.3. The Bertz CT molecular complexity index is 2530. The highest BCUT2D eigenvalue weighted by Crippen LogP contribution is 2.08. The number of carbonyl (C=O) groups is 12. The molecule has 0 aliphatic rings. The molecule has 0 aromatic heterocycles. The number of unbranched alkanes of at least 4 members (excludes halogenated alkanes) is 2. The van der Waals surface area contributed by atoms with Crippen LogP contribution in [0.5, 0.6) is 0 Å². The number of guanidine groups is 5. The van der Waals surface area contributed by atoms with Crippen LogP contribution in [-0.2, 0) is 57.5 Å². The lowest BCUT2D eigenvalue weighted by Gasteiger charge is -2.26. The van der Waals surface area contributed by atoms with E-state index in [9.17, 15) is 57.5 Å². The molecule has 0 aromatic carbocycles. The van der Waals surface area contributed by atoms with Crippen molar-refractivity contribution >= 4 is 113 Å². The molecule has 12 amide bonds. The molecule has 33 N–H and O–H groups in total. The largest absolute Gasteiger partial charge is 0.370 e. The third kappa shape index (κ3) is 37.7. The van der Waals surface area contributed by atoms with E-state index in [1.54, 1.807) is 0 Å². The van der Waals surface area contributed by atoms with E-state index in [2.05, 4.69) is 97.7 Å². The summed E-state index contributed by atoms with van der Waals surface area (Å²) in [5.41, 5.74) is 32.3. The van der Waals surface area contributed by atoms with E-state index in [4.69, 9.17) is 61.4 Å². The van der Waals surface area contributed by atoms with E-state index in [0.717, 1.165) is 0 Å². The van der Waals surface area contributed by atoms with E-state index >= 15 is 0 Å². The third-order valence-electron chi connectivity index (χ3n) is 13.0. The average Bonchev–Trinajstić information content (AvgIpc) is 3.16. The molecule has 39 nitrogen and oxygen atoms in total. The number of hydrogen-bond acceptors (Lipinski definition) is 18. The van der Waals surface area contributed by atoms with Crippen LogP contribution >= 0.6 is 12.6 Å². The van der Waals surface area contributed by atoms with Crippen molar-refractivity contribution in [3.05, 3.63) is 0 Å². The molecular formula is C51H97N27O12S. The maximum absolute atomic E-state index is 14.0. The van der Waals surface area contributed by atoms with Gasteiger partial charge in [0.2, 0.25) is 70.9 Å². The summed E-state index contributed by atoms with van der Waals surface area (Å²) < 4.78 is 0. The fraction of sp³-hybridized carbons (Fsp3) is 0.667. The summed E-state index contributed by atoms with van der Waals surface area (Å²) in [6.45, 7) is 6.66. The van der Waals surface area contributed by atoms with E-state index in [-0.39, 0.29) is 120 Å². The van der Waals surface area contributed by atoms with E-state index in [0.29, 0.717) is 19.3 Å². The number of primary amides is 1. The predicted octanol–water partition coefficient (Wildman–Crippen LogP) is -9.44. The van der Waals surface area contributed by atoms with Gasteiger partial charge in [-0.25, -0.2) is 0 Å². The van der Waals surface area contributed by atoms with E-state index < -0.39 is 144 Å². The molecule has 0 unspecified atom stereocenters. The molecule has 514 valence electrons. The molecule has 0 spiro atoms. The van der Waals surface area contributed by atoms with Crippen molar-refractivity contribution in [2.45, 2.75) is 172 Å². The highest BCUT2D eigenvalue weighted by molar-refractivity contribution is 7.80. The van der Waals surface area contributed by atoms with E-state index in [1.807, 2.05) is 0 Å². The molecule has 0 aliphatic heterocycles. The van der Waals surface area contributed by atoms with Gasteiger partial charge >= 0.3 is 0 Å². The van der Waals surface area contributed by atoms with Gasteiger partial charge in [-0.05, 0) is 105 Å². The van der Waals surface area contributed by atoms with Crippen molar-refractivity contribution in [2.24, 2.45) is 34.4 Å². The lowest BCUT2D eigenvalue weighted by atomic mass is 10.1. The number of thiol groups is 1. The van der Waals surface area contributed by atoms with Crippen LogP contribution in [0.4, 0.5) is 0 Å². The Morgan fingerprint density at radius 2 is 0.549 bits per heavy atom. The first-order valence-electron chi connectivity index (χ1n) is 29.3. The van der Waals surface area contributed by atoms with Crippen molar-refractivity contribution < 1.29 is 57.5 Å². The van der Waals surface area contributed by atoms with Crippen molar-refractivity contribution in [3.63, 3.8) is 0 Å².